The molecule has 1 heterocycles. The molecule has 2 aliphatic carbocycles. The third kappa shape index (κ3) is 3.06. The van der Waals surface area contributed by atoms with Crippen LogP contribution in [-0.4, -0.2) is 62.7 Å². The molecule has 2 bridgehead atoms. The number of hydrogen-bond acceptors (Lipinski definition) is 3. The molecule has 0 radical (unpaired) electrons. The number of nitrogens with one attached hydrogen (secondary N) is 1. The van der Waals surface area contributed by atoms with Crippen LogP contribution in [0.15, 0.2) is 0 Å². The van der Waals surface area contributed by atoms with Gasteiger partial charge in [-0.3, -0.25) is 4.90 Å². The Hall–Kier alpha value is -0.120. The molecule has 3 atom stereocenters. The molecule has 3 unspecified atom stereocenters. The number of hydrogen-bond donors (Lipinski definition) is 1. The maximum Gasteiger partial charge on any atom is 0.0110 e. The van der Waals surface area contributed by atoms with E-state index in [-0.39, 0.29) is 0 Å². The van der Waals surface area contributed by atoms with E-state index in [9.17, 15) is 0 Å². The predicted octanol–water partition coefficient (Wildman–Crippen LogP) is 1.26. The summed E-state index contributed by atoms with van der Waals surface area (Å²) < 4.78 is 0. The smallest absolute Gasteiger partial charge is 0.0110 e. The minimum atomic E-state index is 1.02. The summed E-state index contributed by atoms with van der Waals surface area (Å²) in [6.45, 7) is 8.70. The maximum atomic E-state index is 3.42. The lowest BCUT2D eigenvalue weighted by Crippen LogP contribution is -2.46. The Morgan fingerprint density at radius 2 is 2.00 bits per heavy atom. The van der Waals surface area contributed by atoms with Crippen molar-refractivity contribution in [2.75, 3.05) is 52.9 Å². The van der Waals surface area contributed by atoms with E-state index in [2.05, 4.69) is 22.2 Å². The van der Waals surface area contributed by atoms with Crippen LogP contribution < -0.4 is 5.32 Å². The first-order chi connectivity index (χ1) is 8.81. The summed E-state index contributed by atoms with van der Waals surface area (Å²) in [6, 6.07) is 0. The molecule has 2 saturated carbocycles. The first-order valence-electron chi connectivity index (χ1n) is 7.93. The topological polar surface area (TPSA) is 18.5 Å². The van der Waals surface area contributed by atoms with Crippen LogP contribution in [0.3, 0.4) is 0 Å². The summed E-state index contributed by atoms with van der Waals surface area (Å²) in [5.74, 6) is 3.20. The van der Waals surface area contributed by atoms with E-state index in [1.54, 1.807) is 6.42 Å². The Bertz CT molecular complexity index is 262. The zero-order valence-electron chi connectivity index (χ0n) is 11.9. The van der Waals surface area contributed by atoms with Gasteiger partial charge in [0.05, 0.1) is 0 Å². The predicted molar refractivity (Wildman–Crippen MR) is 75.7 cm³/mol. The summed E-state index contributed by atoms with van der Waals surface area (Å²) in [5, 5.41) is 3.42. The Balaban J connectivity index is 1.35. The van der Waals surface area contributed by atoms with Crippen LogP contribution in [-0.2, 0) is 0 Å². The fourth-order valence-corrected chi connectivity index (χ4v) is 4.34. The van der Waals surface area contributed by atoms with Crippen LogP contribution in [0.1, 0.15) is 25.7 Å². The number of piperazine rings is 1. The molecule has 1 aliphatic heterocycles. The Labute approximate surface area is 112 Å². The molecule has 0 aromatic heterocycles. The average Bonchev–Trinajstić information content (AvgIpc) is 3.00. The van der Waals surface area contributed by atoms with Crippen LogP contribution in [0.2, 0.25) is 0 Å². The van der Waals surface area contributed by atoms with Gasteiger partial charge in [-0.2, -0.15) is 0 Å². The van der Waals surface area contributed by atoms with Crippen LogP contribution in [0, 0.1) is 17.8 Å². The molecular weight excluding hydrogens is 222 g/mol. The first-order valence-corrected chi connectivity index (χ1v) is 7.93. The van der Waals surface area contributed by atoms with Gasteiger partial charge in [0.25, 0.3) is 0 Å². The second-order valence-electron chi connectivity index (χ2n) is 6.79. The highest BCUT2D eigenvalue weighted by molar-refractivity contribution is 4.91. The fourth-order valence-electron chi connectivity index (χ4n) is 4.34. The van der Waals surface area contributed by atoms with Crippen molar-refractivity contribution in [2.45, 2.75) is 25.7 Å². The van der Waals surface area contributed by atoms with E-state index in [1.165, 1.54) is 65.1 Å². The molecule has 3 rings (SSSR count). The van der Waals surface area contributed by atoms with Gasteiger partial charge in [0.15, 0.2) is 0 Å². The summed E-state index contributed by atoms with van der Waals surface area (Å²) in [7, 11) is 2.33. The molecule has 1 saturated heterocycles. The number of rotatable bonds is 5. The van der Waals surface area contributed by atoms with Crippen molar-refractivity contribution in [3.05, 3.63) is 0 Å². The summed E-state index contributed by atoms with van der Waals surface area (Å²) >= 11 is 0. The monoisotopic (exact) mass is 251 g/mol. The van der Waals surface area contributed by atoms with Crippen LogP contribution >= 0.6 is 0 Å². The van der Waals surface area contributed by atoms with E-state index >= 15 is 0 Å². The molecule has 1 N–H and O–H groups in total. The van der Waals surface area contributed by atoms with Gasteiger partial charge in [-0.05, 0) is 44.1 Å². The molecule has 3 heteroatoms. The van der Waals surface area contributed by atoms with Gasteiger partial charge in [-0.25, -0.2) is 0 Å². The van der Waals surface area contributed by atoms with Gasteiger partial charge in [-0.15, -0.1) is 0 Å². The van der Waals surface area contributed by atoms with E-state index in [0.717, 1.165) is 17.8 Å². The SMILES string of the molecule is CN(CCN1CCNCC1)CC1CC2CCC1C2. The van der Waals surface area contributed by atoms with E-state index < -0.39 is 0 Å². The lowest BCUT2D eigenvalue weighted by atomic mass is 9.88. The van der Waals surface area contributed by atoms with Gasteiger partial charge in [0.2, 0.25) is 0 Å². The molecule has 0 spiro atoms. The minimum absolute atomic E-state index is 1.02. The largest absolute Gasteiger partial charge is 0.314 e. The molecule has 3 fully saturated rings. The van der Waals surface area contributed by atoms with E-state index in [4.69, 9.17) is 0 Å². The zero-order valence-corrected chi connectivity index (χ0v) is 11.9. The van der Waals surface area contributed by atoms with Crippen molar-refractivity contribution in [1.82, 2.24) is 15.1 Å². The first kappa shape index (κ1) is 12.9. The van der Waals surface area contributed by atoms with Crippen LogP contribution in [0.25, 0.3) is 0 Å². The number of nitrogens with zero attached hydrogens (tertiary/aromatic N) is 2. The van der Waals surface area contributed by atoms with Crippen LogP contribution in [0.5, 0.6) is 0 Å². The second-order valence-corrected chi connectivity index (χ2v) is 6.79. The molecule has 3 nitrogen and oxygen atoms in total. The normalized spacial score (nSPS) is 36.7. The van der Waals surface area contributed by atoms with Crippen molar-refractivity contribution in [3.63, 3.8) is 0 Å². The molecule has 18 heavy (non-hydrogen) atoms. The van der Waals surface area contributed by atoms with Crippen molar-refractivity contribution < 1.29 is 0 Å². The molecule has 3 aliphatic rings. The van der Waals surface area contributed by atoms with Gasteiger partial charge in [-0.1, -0.05) is 6.42 Å². The third-order valence-electron chi connectivity index (χ3n) is 5.44. The Morgan fingerprint density at radius 3 is 2.67 bits per heavy atom. The third-order valence-corrected chi connectivity index (χ3v) is 5.44. The zero-order chi connectivity index (χ0) is 12.4. The standard InChI is InChI=1S/C15H29N3/c1-17(8-9-18-6-4-16-5-7-18)12-15-11-13-2-3-14(15)10-13/h13-16H,2-12H2,1H3. The highest BCUT2D eigenvalue weighted by atomic mass is 15.2. The molecule has 0 aromatic rings. The minimum Gasteiger partial charge on any atom is -0.314 e. The van der Waals surface area contributed by atoms with E-state index in [1.807, 2.05) is 0 Å². The molecule has 104 valence electrons. The summed E-state index contributed by atoms with van der Waals surface area (Å²) in [4.78, 5) is 5.20. The quantitative estimate of drug-likeness (QED) is 0.793. The number of fused-ring (bicyclic) bond motifs is 2. The van der Waals surface area contributed by atoms with Gasteiger partial charge in [0.1, 0.15) is 0 Å². The Kier molecular flexibility index (Phi) is 4.22. The highest BCUT2D eigenvalue weighted by Crippen LogP contribution is 2.48. The van der Waals surface area contributed by atoms with Gasteiger partial charge < -0.3 is 10.2 Å². The van der Waals surface area contributed by atoms with Crippen molar-refractivity contribution in [1.29, 1.82) is 0 Å². The lowest BCUT2D eigenvalue weighted by molar-refractivity contribution is 0.176. The average molecular weight is 251 g/mol. The highest BCUT2D eigenvalue weighted by Gasteiger charge is 2.39. The van der Waals surface area contributed by atoms with Crippen molar-refractivity contribution in [2.24, 2.45) is 17.8 Å². The molecular formula is C15H29N3. The van der Waals surface area contributed by atoms with Crippen molar-refractivity contribution >= 4 is 0 Å². The van der Waals surface area contributed by atoms with Gasteiger partial charge >= 0.3 is 0 Å². The lowest BCUT2D eigenvalue weighted by Gasteiger charge is -2.31. The summed E-state index contributed by atoms with van der Waals surface area (Å²) in [6.07, 6.45) is 6.14. The van der Waals surface area contributed by atoms with Crippen LogP contribution in [0.4, 0.5) is 0 Å². The van der Waals surface area contributed by atoms with Gasteiger partial charge in [0, 0.05) is 45.8 Å². The maximum absolute atomic E-state index is 3.42. The molecule has 0 amide bonds. The van der Waals surface area contributed by atoms with Crippen molar-refractivity contribution in [3.8, 4) is 0 Å². The molecule has 0 aromatic carbocycles. The Morgan fingerprint density at radius 1 is 1.17 bits per heavy atom. The second kappa shape index (κ2) is 5.89. The van der Waals surface area contributed by atoms with E-state index in [0.29, 0.717) is 0 Å². The number of likely N-dealkylation sites (N-methyl/N-ethyl adjacent to an activating group) is 1. The fraction of sp³-hybridized carbons (Fsp3) is 1.00. The summed E-state index contributed by atoms with van der Waals surface area (Å²) in [5.41, 5.74) is 0.